The third kappa shape index (κ3) is 3.33. The van der Waals surface area contributed by atoms with Crippen molar-refractivity contribution in [1.29, 1.82) is 0 Å². The van der Waals surface area contributed by atoms with Gasteiger partial charge >= 0.3 is 0 Å². The van der Waals surface area contributed by atoms with Gasteiger partial charge in [0.25, 0.3) is 0 Å². The molecule has 0 spiro atoms. The van der Waals surface area contributed by atoms with E-state index in [-0.39, 0.29) is 11.9 Å². The van der Waals surface area contributed by atoms with Gasteiger partial charge in [0.15, 0.2) is 0 Å². The van der Waals surface area contributed by atoms with Gasteiger partial charge in [-0.3, -0.25) is 4.79 Å². The zero-order chi connectivity index (χ0) is 13.0. The van der Waals surface area contributed by atoms with E-state index in [0.717, 1.165) is 13.1 Å². The highest BCUT2D eigenvalue weighted by atomic mass is 16.1. The van der Waals surface area contributed by atoms with Crippen LogP contribution in [0.2, 0.25) is 0 Å². The molecule has 3 nitrogen and oxygen atoms in total. The molecule has 0 saturated carbocycles. The van der Waals surface area contributed by atoms with E-state index in [1.165, 1.54) is 5.56 Å². The van der Waals surface area contributed by atoms with Crippen LogP contribution in [0.3, 0.4) is 0 Å². The Balaban J connectivity index is 1.95. The molecular formula is C15H22N2O. The van der Waals surface area contributed by atoms with Gasteiger partial charge in [-0.2, -0.15) is 0 Å². The summed E-state index contributed by atoms with van der Waals surface area (Å²) in [5.74, 6) is 1.09. The minimum absolute atomic E-state index is 0.117. The monoisotopic (exact) mass is 246 g/mol. The number of amides is 1. The highest BCUT2D eigenvalue weighted by Gasteiger charge is 2.23. The maximum absolute atomic E-state index is 12.0. The van der Waals surface area contributed by atoms with Gasteiger partial charge in [0, 0.05) is 6.42 Å². The van der Waals surface area contributed by atoms with Crippen LogP contribution >= 0.6 is 0 Å². The van der Waals surface area contributed by atoms with Crippen LogP contribution in [0, 0.1) is 11.8 Å². The Morgan fingerprint density at radius 1 is 1.33 bits per heavy atom. The predicted octanol–water partition coefficient (Wildman–Crippen LogP) is 2.11. The topological polar surface area (TPSA) is 41.1 Å². The molecule has 1 aliphatic rings. The second-order valence-electron chi connectivity index (χ2n) is 5.43. The third-order valence-corrected chi connectivity index (χ3v) is 3.48. The molecule has 3 heteroatoms. The second kappa shape index (κ2) is 6.01. The van der Waals surface area contributed by atoms with Gasteiger partial charge in [-0.05, 0) is 30.5 Å². The highest BCUT2D eigenvalue weighted by Crippen LogP contribution is 2.22. The van der Waals surface area contributed by atoms with E-state index in [4.69, 9.17) is 0 Å². The van der Waals surface area contributed by atoms with E-state index in [1.54, 1.807) is 0 Å². The lowest BCUT2D eigenvalue weighted by molar-refractivity contribution is -0.123. The molecular weight excluding hydrogens is 224 g/mol. The van der Waals surface area contributed by atoms with Crippen LogP contribution in [0.25, 0.3) is 0 Å². The summed E-state index contributed by atoms with van der Waals surface area (Å²) in [5.41, 5.74) is 1.19. The van der Waals surface area contributed by atoms with Crippen LogP contribution in [-0.4, -0.2) is 19.0 Å². The molecule has 1 amide bonds. The Hall–Kier alpha value is -1.35. The molecule has 0 bridgehead atoms. The lowest BCUT2D eigenvalue weighted by Crippen LogP contribution is -2.45. The fourth-order valence-electron chi connectivity index (χ4n) is 2.28. The van der Waals surface area contributed by atoms with Crippen LogP contribution in [0.1, 0.15) is 31.9 Å². The molecule has 1 aliphatic heterocycles. The maximum atomic E-state index is 12.0. The molecule has 1 heterocycles. The number of nitrogens with one attached hydrogen (secondary N) is 2. The molecule has 0 aliphatic carbocycles. The molecule has 2 rings (SSSR count). The first-order valence-electron chi connectivity index (χ1n) is 6.72. The standard InChI is InChI=1S/C15H22N2O/c1-11(2)15(13-6-4-3-5-7-13)17-14(18)8-12-9-16-10-12/h3-7,11-12,15-16H,8-10H2,1-2H3,(H,17,18). The van der Waals surface area contributed by atoms with Crippen molar-refractivity contribution in [2.45, 2.75) is 26.3 Å². The van der Waals surface area contributed by atoms with E-state index in [0.29, 0.717) is 18.3 Å². The van der Waals surface area contributed by atoms with Crippen LogP contribution < -0.4 is 10.6 Å². The highest BCUT2D eigenvalue weighted by molar-refractivity contribution is 5.76. The summed E-state index contributed by atoms with van der Waals surface area (Å²) in [5, 5.41) is 6.36. The average Bonchev–Trinajstić information content (AvgIpc) is 2.31. The van der Waals surface area contributed by atoms with Crippen molar-refractivity contribution in [3.8, 4) is 0 Å². The molecule has 1 saturated heterocycles. The van der Waals surface area contributed by atoms with E-state index < -0.39 is 0 Å². The Morgan fingerprint density at radius 3 is 2.50 bits per heavy atom. The summed E-state index contributed by atoms with van der Waals surface area (Å²) >= 11 is 0. The van der Waals surface area contributed by atoms with E-state index in [1.807, 2.05) is 18.2 Å². The molecule has 2 N–H and O–H groups in total. The Labute approximate surface area is 109 Å². The van der Waals surface area contributed by atoms with E-state index in [2.05, 4.69) is 36.6 Å². The number of hydrogen-bond donors (Lipinski definition) is 2. The van der Waals surface area contributed by atoms with Crippen molar-refractivity contribution < 1.29 is 4.79 Å². The third-order valence-electron chi connectivity index (χ3n) is 3.48. The fraction of sp³-hybridized carbons (Fsp3) is 0.533. The van der Waals surface area contributed by atoms with Gasteiger partial charge in [0.2, 0.25) is 5.91 Å². The van der Waals surface area contributed by atoms with Gasteiger partial charge in [-0.25, -0.2) is 0 Å². The van der Waals surface area contributed by atoms with Crippen molar-refractivity contribution in [2.75, 3.05) is 13.1 Å². The largest absolute Gasteiger partial charge is 0.349 e. The zero-order valence-electron chi connectivity index (χ0n) is 11.1. The molecule has 0 aromatic heterocycles. The number of benzene rings is 1. The first kappa shape index (κ1) is 13.1. The molecule has 18 heavy (non-hydrogen) atoms. The van der Waals surface area contributed by atoms with E-state index in [9.17, 15) is 4.79 Å². The zero-order valence-corrected chi connectivity index (χ0v) is 11.1. The molecule has 1 unspecified atom stereocenters. The van der Waals surface area contributed by atoms with Gasteiger partial charge in [-0.1, -0.05) is 44.2 Å². The van der Waals surface area contributed by atoms with Crippen LogP contribution in [-0.2, 0) is 4.79 Å². The Morgan fingerprint density at radius 2 is 2.00 bits per heavy atom. The van der Waals surface area contributed by atoms with Crippen molar-refractivity contribution in [3.05, 3.63) is 35.9 Å². The molecule has 0 radical (unpaired) electrons. The average molecular weight is 246 g/mol. The first-order chi connectivity index (χ1) is 8.66. The Kier molecular flexibility index (Phi) is 4.37. The number of carbonyl (C=O) groups excluding carboxylic acids is 1. The van der Waals surface area contributed by atoms with Crippen molar-refractivity contribution in [2.24, 2.45) is 11.8 Å². The Bertz CT molecular complexity index is 385. The summed E-state index contributed by atoms with van der Waals surface area (Å²) < 4.78 is 0. The second-order valence-corrected chi connectivity index (χ2v) is 5.43. The van der Waals surface area contributed by atoms with Gasteiger partial charge < -0.3 is 10.6 Å². The number of hydrogen-bond acceptors (Lipinski definition) is 2. The maximum Gasteiger partial charge on any atom is 0.220 e. The molecule has 98 valence electrons. The van der Waals surface area contributed by atoms with Gasteiger partial charge in [-0.15, -0.1) is 0 Å². The van der Waals surface area contributed by atoms with Crippen LogP contribution in [0.4, 0.5) is 0 Å². The van der Waals surface area contributed by atoms with Crippen LogP contribution in [0.5, 0.6) is 0 Å². The number of carbonyl (C=O) groups is 1. The summed E-state index contributed by atoms with van der Waals surface area (Å²) in [4.78, 5) is 12.0. The van der Waals surface area contributed by atoms with Crippen LogP contribution in [0.15, 0.2) is 30.3 Å². The lowest BCUT2D eigenvalue weighted by atomic mass is 9.94. The first-order valence-corrected chi connectivity index (χ1v) is 6.72. The minimum Gasteiger partial charge on any atom is -0.349 e. The molecule has 1 atom stereocenters. The SMILES string of the molecule is CC(C)C(NC(=O)CC1CNC1)c1ccccc1. The summed E-state index contributed by atoms with van der Waals surface area (Å²) in [7, 11) is 0. The minimum atomic E-state index is 0.117. The fourth-order valence-corrected chi connectivity index (χ4v) is 2.28. The van der Waals surface area contributed by atoms with E-state index >= 15 is 0 Å². The quantitative estimate of drug-likeness (QED) is 0.835. The summed E-state index contributed by atoms with van der Waals surface area (Å²) in [6, 6.07) is 10.3. The smallest absolute Gasteiger partial charge is 0.220 e. The van der Waals surface area contributed by atoms with Gasteiger partial charge in [0.05, 0.1) is 6.04 Å². The normalized spacial score (nSPS) is 17.3. The van der Waals surface area contributed by atoms with Crippen molar-refractivity contribution in [3.63, 3.8) is 0 Å². The lowest BCUT2D eigenvalue weighted by Gasteiger charge is -2.28. The summed E-state index contributed by atoms with van der Waals surface area (Å²) in [6.07, 6.45) is 0.642. The molecule has 1 fully saturated rings. The van der Waals surface area contributed by atoms with Crippen molar-refractivity contribution >= 4 is 5.91 Å². The van der Waals surface area contributed by atoms with Gasteiger partial charge in [0.1, 0.15) is 0 Å². The van der Waals surface area contributed by atoms with Crippen molar-refractivity contribution in [1.82, 2.24) is 10.6 Å². The number of rotatable bonds is 5. The molecule has 1 aromatic rings. The predicted molar refractivity (Wildman–Crippen MR) is 73.1 cm³/mol. The summed E-state index contributed by atoms with van der Waals surface area (Å²) in [6.45, 7) is 6.24. The molecule has 1 aromatic carbocycles.